The number of ether oxygens (including phenoxy) is 1. The van der Waals surface area contributed by atoms with Crippen molar-refractivity contribution in [2.45, 2.75) is 6.04 Å². The monoisotopic (exact) mass is 447 g/mol. The molecule has 0 atom stereocenters. The predicted octanol–water partition coefficient (Wildman–Crippen LogP) is 1.65. The smallest absolute Gasteiger partial charge is 0.246 e. The molecule has 3 aromatic carbocycles. The van der Waals surface area contributed by atoms with Crippen LogP contribution in [-0.4, -0.2) is 49.0 Å². The fourth-order valence-corrected chi connectivity index (χ4v) is 4.07. The van der Waals surface area contributed by atoms with Gasteiger partial charge in [-0.05, 0) is 34.9 Å². The Bertz CT molecular complexity index is 959. The third-order valence-corrected chi connectivity index (χ3v) is 5.76. The second-order valence-electron chi connectivity index (χ2n) is 7.69. The Morgan fingerprint density at radius 2 is 1.34 bits per heavy atom. The largest absolute Gasteiger partial charge is 1.00 e. The molecule has 4 rings (SSSR count). The predicted molar refractivity (Wildman–Crippen MR) is 125 cm³/mol. The Hall–Kier alpha value is -3.08. The minimum absolute atomic E-state index is 0. The van der Waals surface area contributed by atoms with Gasteiger partial charge in [0.25, 0.3) is 0 Å². The van der Waals surface area contributed by atoms with Gasteiger partial charge in [0, 0.05) is 32.3 Å². The molecule has 0 saturated carbocycles. The van der Waals surface area contributed by atoms with E-state index in [0.29, 0.717) is 0 Å². The van der Waals surface area contributed by atoms with Gasteiger partial charge in [0.05, 0.1) is 13.2 Å². The van der Waals surface area contributed by atoms with Gasteiger partial charge in [0.15, 0.2) is 0 Å². The van der Waals surface area contributed by atoms with Gasteiger partial charge in [-0.1, -0.05) is 72.8 Å². The molecule has 0 radical (unpaired) electrons. The molecule has 1 amide bonds. The average molecular weight is 448 g/mol. The van der Waals surface area contributed by atoms with Crippen molar-refractivity contribution >= 4 is 12.0 Å². The van der Waals surface area contributed by atoms with Crippen molar-refractivity contribution in [1.82, 2.24) is 9.80 Å². The van der Waals surface area contributed by atoms with Gasteiger partial charge < -0.3 is 22.0 Å². The lowest BCUT2D eigenvalue weighted by Gasteiger charge is -2.39. The number of hydrogen-bond donors (Lipinski definition) is 0. The van der Waals surface area contributed by atoms with Gasteiger partial charge in [0.2, 0.25) is 5.91 Å². The summed E-state index contributed by atoms with van der Waals surface area (Å²) in [4.78, 5) is 17.1. The van der Waals surface area contributed by atoms with Crippen LogP contribution in [0, 0.1) is 0 Å². The van der Waals surface area contributed by atoms with Crippen LogP contribution in [0.25, 0.3) is 6.08 Å². The molecule has 5 heteroatoms. The number of hydrogen-bond acceptors (Lipinski definition) is 3. The van der Waals surface area contributed by atoms with E-state index in [1.54, 1.807) is 13.2 Å². The number of carbonyl (C=O) groups is 1. The molecule has 1 saturated heterocycles. The van der Waals surface area contributed by atoms with E-state index < -0.39 is 0 Å². The van der Waals surface area contributed by atoms with E-state index in [-0.39, 0.29) is 24.4 Å². The number of nitrogens with zero attached hydrogens (tertiary/aromatic N) is 2. The Kier molecular flexibility index (Phi) is 8.48. The summed E-state index contributed by atoms with van der Waals surface area (Å²) in [6.07, 6.45) is 3.54. The zero-order chi connectivity index (χ0) is 21.5. The van der Waals surface area contributed by atoms with Crippen LogP contribution in [0.5, 0.6) is 5.75 Å². The molecule has 32 heavy (non-hydrogen) atoms. The lowest BCUT2D eigenvalue weighted by atomic mass is 9.96. The van der Waals surface area contributed by atoms with E-state index in [2.05, 4.69) is 65.6 Å². The van der Waals surface area contributed by atoms with Crippen molar-refractivity contribution in [1.29, 1.82) is 0 Å². The molecular formula is C27H28ClN2O2-. The first-order chi connectivity index (χ1) is 15.2. The highest BCUT2D eigenvalue weighted by Gasteiger charge is 2.27. The lowest BCUT2D eigenvalue weighted by molar-refractivity contribution is -0.127. The summed E-state index contributed by atoms with van der Waals surface area (Å²) in [5.41, 5.74) is 3.56. The molecule has 4 nitrogen and oxygen atoms in total. The maximum absolute atomic E-state index is 12.7. The van der Waals surface area contributed by atoms with Crippen molar-refractivity contribution in [3.63, 3.8) is 0 Å². The molecule has 0 aliphatic carbocycles. The maximum atomic E-state index is 12.7. The van der Waals surface area contributed by atoms with Crippen LogP contribution in [0.4, 0.5) is 0 Å². The molecule has 0 N–H and O–H groups in total. The number of halogens is 1. The first kappa shape index (κ1) is 23.6. The summed E-state index contributed by atoms with van der Waals surface area (Å²) in [5, 5.41) is 0. The topological polar surface area (TPSA) is 32.8 Å². The zero-order valence-electron chi connectivity index (χ0n) is 18.2. The minimum atomic E-state index is 0. The van der Waals surface area contributed by atoms with Gasteiger partial charge in [0.1, 0.15) is 5.75 Å². The van der Waals surface area contributed by atoms with E-state index in [0.717, 1.165) is 37.5 Å². The molecule has 1 aliphatic heterocycles. The fourth-order valence-electron chi connectivity index (χ4n) is 4.07. The van der Waals surface area contributed by atoms with Gasteiger partial charge >= 0.3 is 0 Å². The van der Waals surface area contributed by atoms with Crippen molar-refractivity contribution < 1.29 is 21.9 Å². The Labute approximate surface area is 196 Å². The van der Waals surface area contributed by atoms with E-state index in [1.807, 2.05) is 35.2 Å². The Morgan fingerprint density at radius 3 is 1.84 bits per heavy atom. The van der Waals surface area contributed by atoms with Crippen molar-refractivity contribution in [3.8, 4) is 5.75 Å². The lowest BCUT2D eigenvalue weighted by Crippen LogP contribution is -3.00. The maximum Gasteiger partial charge on any atom is 0.246 e. The number of amides is 1. The summed E-state index contributed by atoms with van der Waals surface area (Å²) in [6.45, 7) is 3.14. The van der Waals surface area contributed by atoms with E-state index >= 15 is 0 Å². The molecule has 166 valence electrons. The highest BCUT2D eigenvalue weighted by atomic mass is 35.5. The molecule has 0 aromatic heterocycles. The number of carbonyl (C=O) groups excluding carboxylic acids is 1. The van der Waals surface area contributed by atoms with Gasteiger partial charge in [-0.25, -0.2) is 0 Å². The van der Waals surface area contributed by atoms with Gasteiger partial charge in [-0.15, -0.1) is 0 Å². The van der Waals surface area contributed by atoms with Gasteiger partial charge in [-0.3, -0.25) is 9.69 Å². The first-order valence-electron chi connectivity index (χ1n) is 10.7. The zero-order valence-corrected chi connectivity index (χ0v) is 19.0. The van der Waals surface area contributed by atoms with E-state index in [4.69, 9.17) is 4.74 Å². The highest BCUT2D eigenvalue weighted by Crippen LogP contribution is 2.29. The average Bonchev–Trinajstić information content (AvgIpc) is 2.85. The van der Waals surface area contributed by atoms with E-state index in [1.165, 1.54) is 11.1 Å². The fraction of sp³-hybridized carbons (Fsp3) is 0.222. The van der Waals surface area contributed by atoms with Crippen LogP contribution >= 0.6 is 0 Å². The third kappa shape index (κ3) is 5.78. The van der Waals surface area contributed by atoms with Crippen molar-refractivity contribution in [2.24, 2.45) is 0 Å². The number of piperazine rings is 1. The van der Waals surface area contributed by atoms with Crippen molar-refractivity contribution in [2.75, 3.05) is 33.3 Å². The number of benzene rings is 3. The molecular weight excluding hydrogens is 420 g/mol. The van der Waals surface area contributed by atoms with Crippen molar-refractivity contribution in [3.05, 3.63) is 108 Å². The standard InChI is InChI=1S/C27H28N2O2.ClH/c1-31-25-15-12-22(13-16-25)14-17-26(30)28-18-20-29(21-19-28)27(23-8-4-2-5-9-23)24-10-6-3-7-11-24;/h2-17,27H,18-21H2,1H3;1H/p-1/b17-14+;. The normalized spacial score (nSPS) is 14.4. The molecule has 3 aromatic rings. The molecule has 1 aliphatic rings. The van der Waals surface area contributed by atoms with Crippen LogP contribution in [0.2, 0.25) is 0 Å². The van der Waals surface area contributed by atoms with Crippen LogP contribution in [0.3, 0.4) is 0 Å². The SMILES string of the molecule is COc1ccc(/C=C/C(=O)N2CCN(C(c3ccccc3)c3ccccc3)CC2)cc1.[Cl-]. The Balaban J connectivity index is 0.00000289. The number of rotatable bonds is 6. The summed E-state index contributed by atoms with van der Waals surface area (Å²) >= 11 is 0. The quantitative estimate of drug-likeness (QED) is 0.539. The molecule has 0 bridgehead atoms. The van der Waals surface area contributed by atoms with Crippen LogP contribution < -0.4 is 17.1 Å². The molecule has 0 spiro atoms. The minimum Gasteiger partial charge on any atom is -1.00 e. The van der Waals surface area contributed by atoms with Crippen LogP contribution in [0.15, 0.2) is 91.0 Å². The summed E-state index contributed by atoms with van der Waals surface area (Å²) in [5.74, 6) is 0.873. The summed E-state index contributed by atoms with van der Waals surface area (Å²) in [6, 6.07) is 29.1. The second kappa shape index (κ2) is 11.5. The molecule has 0 unspecified atom stereocenters. The summed E-state index contributed by atoms with van der Waals surface area (Å²) < 4.78 is 5.18. The molecule has 1 fully saturated rings. The summed E-state index contributed by atoms with van der Waals surface area (Å²) in [7, 11) is 1.65. The first-order valence-corrected chi connectivity index (χ1v) is 10.7. The molecule has 1 heterocycles. The Morgan fingerprint density at radius 1 is 0.812 bits per heavy atom. The van der Waals surface area contributed by atoms with Crippen LogP contribution in [0.1, 0.15) is 22.7 Å². The number of methoxy groups -OCH3 is 1. The van der Waals surface area contributed by atoms with Crippen LogP contribution in [-0.2, 0) is 4.79 Å². The highest BCUT2D eigenvalue weighted by molar-refractivity contribution is 5.91. The second-order valence-corrected chi connectivity index (χ2v) is 7.69. The third-order valence-electron chi connectivity index (χ3n) is 5.76. The van der Waals surface area contributed by atoms with E-state index in [9.17, 15) is 4.79 Å². The van der Waals surface area contributed by atoms with Gasteiger partial charge in [-0.2, -0.15) is 0 Å².